The molecule has 0 radical (unpaired) electrons. The van der Waals surface area contributed by atoms with E-state index >= 15 is 0 Å². The summed E-state index contributed by atoms with van der Waals surface area (Å²) in [7, 11) is -1.19. The first-order valence-electron chi connectivity index (χ1n) is 12.3. The predicted octanol–water partition coefficient (Wildman–Crippen LogP) is 4.47. The molecule has 0 bridgehead atoms. The van der Waals surface area contributed by atoms with Crippen molar-refractivity contribution in [1.29, 1.82) is 0 Å². The molecule has 1 fully saturated rings. The molecule has 0 unspecified atom stereocenters. The zero-order valence-electron chi connectivity index (χ0n) is 21.4. The lowest BCUT2D eigenvalue weighted by molar-refractivity contribution is -0.139. The van der Waals surface area contributed by atoms with Crippen molar-refractivity contribution in [1.82, 2.24) is 14.5 Å². The standard InChI is InChI=1S/C26H34Cl2N4O4S/c1-19(26(34)29-22-10-6-4-7-11-22)31(17-20-14-15-21(27)16-24(20)28)25(33)18-32(37(35,36)30(2)3)23-12-8-5-9-13-23/h5,8-9,12-16,19,22H,4,6-7,10-11,17-18H2,1-3H3,(H,29,34)/t19-/m1/s1. The highest BCUT2D eigenvalue weighted by Crippen LogP contribution is 2.25. The van der Waals surface area contributed by atoms with Gasteiger partial charge >= 0.3 is 10.2 Å². The molecule has 0 aliphatic heterocycles. The maximum absolute atomic E-state index is 13.8. The highest BCUT2D eigenvalue weighted by molar-refractivity contribution is 7.90. The number of hydrogen-bond donors (Lipinski definition) is 1. The van der Waals surface area contributed by atoms with Crippen LogP contribution in [0.5, 0.6) is 0 Å². The number of nitrogens with one attached hydrogen (secondary N) is 1. The van der Waals surface area contributed by atoms with Gasteiger partial charge in [0.05, 0.1) is 5.69 Å². The quantitative estimate of drug-likeness (QED) is 0.457. The van der Waals surface area contributed by atoms with Gasteiger partial charge in [-0.3, -0.25) is 9.59 Å². The monoisotopic (exact) mass is 568 g/mol. The molecule has 3 rings (SSSR count). The molecular formula is C26H34Cl2N4O4S. The zero-order chi connectivity index (χ0) is 27.2. The molecule has 2 amide bonds. The average Bonchev–Trinajstić information content (AvgIpc) is 2.87. The number of hydrogen-bond acceptors (Lipinski definition) is 4. The molecule has 11 heteroatoms. The molecule has 8 nitrogen and oxygen atoms in total. The maximum Gasteiger partial charge on any atom is 0.304 e. The smallest absolute Gasteiger partial charge is 0.304 e. The second-order valence-electron chi connectivity index (χ2n) is 9.41. The third-order valence-electron chi connectivity index (χ3n) is 6.54. The summed E-state index contributed by atoms with van der Waals surface area (Å²) in [6.07, 6.45) is 5.06. The van der Waals surface area contributed by atoms with Gasteiger partial charge in [-0.1, -0.05) is 66.7 Å². The Bertz CT molecular complexity index is 1190. The van der Waals surface area contributed by atoms with Crippen LogP contribution in [0.25, 0.3) is 0 Å². The Kier molecular flexibility index (Phi) is 10.2. The number of amides is 2. The van der Waals surface area contributed by atoms with Crippen molar-refractivity contribution in [3.05, 3.63) is 64.1 Å². The summed E-state index contributed by atoms with van der Waals surface area (Å²) in [5.74, 6) is -0.821. The largest absolute Gasteiger partial charge is 0.352 e. The van der Waals surface area contributed by atoms with Crippen molar-refractivity contribution in [2.24, 2.45) is 0 Å². The first-order valence-corrected chi connectivity index (χ1v) is 14.4. The second kappa shape index (κ2) is 13.0. The van der Waals surface area contributed by atoms with E-state index < -0.39 is 28.7 Å². The number of carbonyl (C=O) groups excluding carboxylic acids is 2. The Morgan fingerprint density at radius 3 is 2.27 bits per heavy atom. The molecule has 1 saturated carbocycles. The van der Waals surface area contributed by atoms with Crippen LogP contribution < -0.4 is 9.62 Å². The van der Waals surface area contributed by atoms with Crippen molar-refractivity contribution in [2.45, 2.75) is 57.7 Å². The Balaban J connectivity index is 1.92. The van der Waals surface area contributed by atoms with Crippen LogP contribution >= 0.6 is 23.2 Å². The van der Waals surface area contributed by atoms with Crippen LogP contribution in [0.15, 0.2) is 48.5 Å². The van der Waals surface area contributed by atoms with Crippen molar-refractivity contribution in [3.63, 3.8) is 0 Å². The number of anilines is 1. The number of para-hydroxylation sites is 1. The van der Waals surface area contributed by atoms with Crippen LogP contribution in [0.2, 0.25) is 10.0 Å². The summed E-state index contributed by atoms with van der Waals surface area (Å²) in [6, 6.07) is 12.5. The number of rotatable bonds is 10. The molecule has 0 saturated heterocycles. The lowest BCUT2D eigenvalue weighted by Gasteiger charge is -2.34. The van der Waals surface area contributed by atoms with Crippen molar-refractivity contribution >= 4 is 50.9 Å². The lowest BCUT2D eigenvalue weighted by atomic mass is 9.95. The van der Waals surface area contributed by atoms with Gasteiger partial charge in [0.15, 0.2) is 0 Å². The average molecular weight is 570 g/mol. The molecule has 202 valence electrons. The molecule has 0 heterocycles. The van der Waals surface area contributed by atoms with Crippen LogP contribution in [0.3, 0.4) is 0 Å². The molecule has 1 atom stereocenters. The predicted molar refractivity (Wildman–Crippen MR) is 148 cm³/mol. The van der Waals surface area contributed by atoms with E-state index in [0.717, 1.165) is 40.7 Å². The third kappa shape index (κ3) is 7.60. The molecular weight excluding hydrogens is 535 g/mol. The van der Waals surface area contributed by atoms with Gasteiger partial charge in [-0.2, -0.15) is 12.7 Å². The van der Waals surface area contributed by atoms with Gasteiger partial charge in [-0.05, 0) is 49.6 Å². The molecule has 2 aromatic rings. The van der Waals surface area contributed by atoms with Gasteiger partial charge in [-0.15, -0.1) is 0 Å². The molecule has 1 N–H and O–H groups in total. The Hall–Kier alpha value is -2.33. The number of benzene rings is 2. The topological polar surface area (TPSA) is 90.0 Å². The molecule has 0 spiro atoms. The maximum atomic E-state index is 13.8. The molecule has 2 aromatic carbocycles. The highest BCUT2D eigenvalue weighted by Gasteiger charge is 2.33. The number of carbonyl (C=O) groups is 2. The molecule has 0 aromatic heterocycles. The minimum absolute atomic E-state index is 0.0126. The zero-order valence-corrected chi connectivity index (χ0v) is 23.7. The Labute approximate surface area is 229 Å². The third-order valence-corrected chi connectivity index (χ3v) is 8.94. The van der Waals surface area contributed by atoms with E-state index in [1.165, 1.54) is 19.0 Å². The highest BCUT2D eigenvalue weighted by atomic mass is 35.5. The summed E-state index contributed by atoms with van der Waals surface area (Å²) in [4.78, 5) is 28.4. The molecule has 1 aliphatic carbocycles. The van der Waals surface area contributed by atoms with E-state index in [9.17, 15) is 18.0 Å². The van der Waals surface area contributed by atoms with E-state index in [4.69, 9.17) is 23.2 Å². The van der Waals surface area contributed by atoms with E-state index in [-0.39, 0.29) is 18.5 Å². The summed E-state index contributed by atoms with van der Waals surface area (Å²) in [5.41, 5.74) is 0.937. The first kappa shape index (κ1) is 29.2. The fourth-order valence-corrected chi connectivity index (χ4v) is 5.82. The van der Waals surface area contributed by atoms with Crippen LogP contribution in [0.4, 0.5) is 5.69 Å². The van der Waals surface area contributed by atoms with E-state index in [1.54, 1.807) is 55.5 Å². The summed E-state index contributed by atoms with van der Waals surface area (Å²) in [6.45, 7) is 1.17. The minimum Gasteiger partial charge on any atom is -0.352 e. The summed E-state index contributed by atoms with van der Waals surface area (Å²) < 4.78 is 28.4. The lowest BCUT2D eigenvalue weighted by Crippen LogP contribution is -2.53. The van der Waals surface area contributed by atoms with E-state index in [0.29, 0.717) is 21.3 Å². The normalized spacial score (nSPS) is 15.3. The fourth-order valence-electron chi connectivity index (χ4n) is 4.30. The number of halogens is 2. The van der Waals surface area contributed by atoms with Gasteiger partial charge in [0.1, 0.15) is 12.6 Å². The van der Waals surface area contributed by atoms with E-state index in [2.05, 4.69) is 5.32 Å². The van der Waals surface area contributed by atoms with Gasteiger partial charge < -0.3 is 10.2 Å². The van der Waals surface area contributed by atoms with Crippen molar-refractivity contribution in [2.75, 3.05) is 24.9 Å². The van der Waals surface area contributed by atoms with Crippen LogP contribution in [0, 0.1) is 0 Å². The SMILES string of the molecule is C[C@H](C(=O)NC1CCCCC1)N(Cc1ccc(Cl)cc1Cl)C(=O)CN(c1ccccc1)S(=O)(=O)N(C)C. The minimum atomic E-state index is -4.00. The molecule has 37 heavy (non-hydrogen) atoms. The van der Waals surface area contributed by atoms with Gasteiger partial charge in [0.25, 0.3) is 0 Å². The second-order valence-corrected chi connectivity index (χ2v) is 12.3. The van der Waals surface area contributed by atoms with Crippen LogP contribution in [-0.4, -0.2) is 62.2 Å². The van der Waals surface area contributed by atoms with Crippen LogP contribution in [0.1, 0.15) is 44.6 Å². The van der Waals surface area contributed by atoms with Crippen molar-refractivity contribution < 1.29 is 18.0 Å². The fraction of sp³-hybridized carbons (Fsp3) is 0.462. The van der Waals surface area contributed by atoms with Gasteiger partial charge in [0.2, 0.25) is 11.8 Å². The summed E-state index contributed by atoms with van der Waals surface area (Å²) in [5, 5.41) is 3.87. The van der Waals surface area contributed by atoms with Gasteiger partial charge in [-0.25, -0.2) is 4.31 Å². The van der Waals surface area contributed by atoms with Crippen LogP contribution in [-0.2, 0) is 26.3 Å². The number of nitrogens with zero attached hydrogens (tertiary/aromatic N) is 3. The summed E-state index contributed by atoms with van der Waals surface area (Å²) >= 11 is 12.4. The van der Waals surface area contributed by atoms with E-state index in [1.807, 2.05) is 0 Å². The molecule has 1 aliphatic rings. The van der Waals surface area contributed by atoms with Crippen molar-refractivity contribution in [3.8, 4) is 0 Å². The Morgan fingerprint density at radius 1 is 1.03 bits per heavy atom. The first-order chi connectivity index (χ1) is 17.5. The Morgan fingerprint density at radius 2 is 1.68 bits per heavy atom. The van der Waals surface area contributed by atoms with Gasteiger partial charge in [0, 0.05) is 36.7 Å².